The number of alkyl halides is 2. The molecule has 1 aliphatic carbocycles. The molecule has 134 valence electrons. The lowest BCUT2D eigenvalue weighted by Gasteiger charge is -2.18. The molecule has 9 heteroatoms. The number of hydrogen-bond donors (Lipinski definition) is 1. The second-order valence-electron chi connectivity index (χ2n) is 5.87. The van der Waals surface area contributed by atoms with Crippen LogP contribution < -0.4 is 10.1 Å². The Bertz CT molecular complexity index is 702. The Morgan fingerprint density at radius 2 is 2.08 bits per heavy atom. The zero-order valence-electron chi connectivity index (χ0n) is 13.5. The smallest absolute Gasteiger partial charge is 0.387 e. The van der Waals surface area contributed by atoms with Crippen LogP contribution in [0.5, 0.6) is 5.75 Å². The number of ether oxygens (including phenoxy) is 1. The minimum absolute atomic E-state index is 0.0211. The lowest BCUT2D eigenvalue weighted by Crippen LogP contribution is -2.15. The van der Waals surface area contributed by atoms with Crippen molar-refractivity contribution in [2.24, 2.45) is 0 Å². The van der Waals surface area contributed by atoms with Crippen LogP contribution in [0.1, 0.15) is 48.7 Å². The van der Waals surface area contributed by atoms with Crippen molar-refractivity contribution < 1.29 is 18.3 Å². The summed E-state index contributed by atoms with van der Waals surface area (Å²) in [5.41, 5.74) is 0.455. The van der Waals surface area contributed by atoms with Gasteiger partial charge in [0.25, 0.3) is 0 Å². The minimum atomic E-state index is -2.90. The number of nitrogens with zero attached hydrogens (tertiary/aromatic N) is 3. The number of rotatable bonds is 6. The van der Waals surface area contributed by atoms with E-state index in [1.807, 2.05) is 0 Å². The molecule has 6 nitrogen and oxygen atoms in total. The summed E-state index contributed by atoms with van der Waals surface area (Å²) in [7, 11) is 0. The summed E-state index contributed by atoms with van der Waals surface area (Å²) in [4.78, 5) is 16.0. The van der Waals surface area contributed by atoms with Gasteiger partial charge in [-0.15, -0.1) is 10.2 Å². The van der Waals surface area contributed by atoms with Gasteiger partial charge in [-0.05, 0) is 25.0 Å². The molecular weight excluding hydrogens is 350 g/mol. The topological polar surface area (TPSA) is 77.0 Å². The zero-order valence-corrected chi connectivity index (χ0v) is 14.3. The third kappa shape index (κ3) is 5.15. The predicted molar refractivity (Wildman–Crippen MR) is 88.9 cm³/mol. The minimum Gasteiger partial charge on any atom is -0.433 e. The van der Waals surface area contributed by atoms with Crippen molar-refractivity contribution >= 4 is 22.4 Å². The molecular formula is C16H18F2N4O2S. The third-order valence-electron chi connectivity index (χ3n) is 4.01. The van der Waals surface area contributed by atoms with Crippen LogP contribution in [-0.4, -0.2) is 27.7 Å². The monoisotopic (exact) mass is 368 g/mol. The highest BCUT2D eigenvalue weighted by atomic mass is 32.1. The molecule has 1 fully saturated rings. The van der Waals surface area contributed by atoms with Gasteiger partial charge >= 0.3 is 6.61 Å². The van der Waals surface area contributed by atoms with Crippen molar-refractivity contribution in [3.05, 3.63) is 29.0 Å². The van der Waals surface area contributed by atoms with Crippen LogP contribution in [-0.2, 0) is 11.2 Å². The predicted octanol–water partition coefficient (Wildman–Crippen LogP) is 3.76. The molecule has 2 heterocycles. The lowest BCUT2D eigenvalue weighted by atomic mass is 9.90. The average molecular weight is 368 g/mol. The van der Waals surface area contributed by atoms with Crippen LogP contribution in [0.2, 0.25) is 0 Å². The van der Waals surface area contributed by atoms with E-state index in [0.717, 1.165) is 17.8 Å². The summed E-state index contributed by atoms with van der Waals surface area (Å²) in [5.74, 6) is 0.128. The fourth-order valence-electron chi connectivity index (χ4n) is 2.82. The third-order valence-corrected chi connectivity index (χ3v) is 5.01. The van der Waals surface area contributed by atoms with E-state index in [4.69, 9.17) is 0 Å². The molecule has 0 aromatic carbocycles. The molecule has 0 spiro atoms. The van der Waals surface area contributed by atoms with Gasteiger partial charge in [-0.3, -0.25) is 9.78 Å². The van der Waals surface area contributed by atoms with Crippen LogP contribution in [0.4, 0.5) is 13.9 Å². The number of aromatic nitrogens is 3. The Hall–Kier alpha value is -2.16. The Kier molecular flexibility index (Phi) is 5.85. The van der Waals surface area contributed by atoms with Crippen molar-refractivity contribution in [2.75, 3.05) is 5.32 Å². The molecule has 0 radical (unpaired) electrons. The fraction of sp³-hybridized carbons (Fsp3) is 0.500. The van der Waals surface area contributed by atoms with Crippen LogP contribution in [0.3, 0.4) is 0 Å². The first-order valence-electron chi connectivity index (χ1n) is 8.13. The maximum absolute atomic E-state index is 12.1. The lowest BCUT2D eigenvalue weighted by molar-refractivity contribution is -0.115. The Labute approximate surface area is 147 Å². The highest BCUT2D eigenvalue weighted by Gasteiger charge is 2.20. The first-order valence-corrected chi connectivity index (χ1v) is 8.95. The normalized spacial score (nSPS) is 15.3. The molecule has 1 N–H and O–H groups in total. The van der Waals surface area contributed by atoms with E-state index < -0.39 is 6.61 Å². The van der Waals surface area contributed by atoms with Gasteiger partial charge in [0.1, 0.15) is 10.8 Å². The van der Waals surface area contributed by atoms with Gasteiger partial charge in [-0.25, -0.2) is 0 Å². The summed E-state index contributed by atoms with van der Waals surface area (Å²) < 4.78 is 28.4. The van der Waals surface area contributed by atoms with E-state index in [2.05, 4.69) is 25.2 Å². The molecule has 1 aliphatic rings. The molecule has 0 bridgehead atoms. The van der Waals surface area contributed by atoms with Crippen molar-refractivity contribution in [2.45, 2.75) is 51.1 Å². The largest absolute Gasteiger partial charge is 0.433 e. The Balaban J connectivity index is 1.53. The van der Waals surface area contributed by atoms with Gasteiger partial charge in [0.05, 0.1) is 12.6 Å². The van der Waals surface area contributed by atoms with Crippen LogP contribution >= 0.6 is 11.3 Å². The molecule has 0 aliphatic heterocycles. The number of carbonyl (C=O) groups is 1. The van der Waals surface area contributed by atoms with Gasteiger partial charge in [-0.2, -0.15) is 8.78 Å². The molecule has 0 atom stereocenters. The molecule has 0 saturated heterocycles. The van der Waals surface area contributed by atoms with Crippen molar-refractivity contribution in [1.82, 2.24) is 15.2 Å². The number of hydrogen-bond acceptors (Lipinski definition) is 6. The molecule has 3 rings (SSSR count). The molecule has 1 amide bonds. The molecule has 2 aromatic rings. The first kappa shape index (κ1) is 17.7. The number of nitrogens with one attached hydrogen (secondary N) is 1. The SMILES string of the molecule is O=C(Cc1ccc(OC(F)F)cn1)Nc1nnc(C2CCCCC2)s1. The molecule has 0 unspecified atom stereocenters. The van der Waals surface area contributed by atoms with Crippen molar-refractivity contribution in [3.63, 3.8) is 0 Å². The van der Waals surface area contributed by atoms with Crippen molar-refractivity contribution in [1.29, 1.82) is 0 Å². The molecule has 1 saturated carbocycles. The Morgan fingerprint density at radius 3 is 2.76 bits per heavy atom. The van der Waals surface area contributed by atoms with E-state index >= 15 is 0 Å². The molecule has 2 aromatic heterocycles. The van der Waals surface area contributed by atoms with Gasteiger partial charge < -0.3 is 10.1 Å². The summed E-state index contributed by atoms with van der Waals surface area (Å²) in [6.45, 7) is -2.90. The summed E-state index contributed by atoms with van der Waals surface area (Å²) in [5, 5.41) is 12.4. The van der Waals surface area contributed by atoms with E-state index in [1.165, 1.54) is 48.9 Å². The number of halogens is 2. The number of carbonyl (C=O) groups excluding carboxylic acids is 1. The van der Waals surface area contributed by atoms with Gasteiger partial charge in [-0.1, -0.05) is 30.6 Å². The van der Waals surface area contributed by atoms with Gasteiger partial charge in [0, 0.05) is 11.6 Å². The maximum atomic E-state index is 12.1. The number of anilines is 1. The maximum Gasteiger partial charge on any atom is 0.387 e. The van der Waals surface area contributed by atoms with E-state index in [-0.39, 0.29) is 18.1 Å². The number of amides is 1. The van der Waals surface area contributed by atoms with Gasteiger partial charge in [0.15, 0.2) is 0 Å². The quantitative estimate of drug-likeness (QED) is 0.840. The second-order valence-corrected chi connectivity index (χ2v) is 6.88. The first-order chi connectivity index (χ1) is 12.1. The summed E-state index contributed by atoms with van der Waals surface area (Å²) >= 11 is 1.41. The van der Waals surface area contributed by atoms with E-state index in [9.17, 15) is 13.6 Å². The van der Waals surface area contributed by atoms with E-state index in [1.54, 1.807) is 0 Å². The van der Waals surface area contributed by atoms with Crippen molar-refractivity contribution in [3.8, 4) is 5.75 Å². The van der Waals surface area contributed by atoms with Crippen LogP contribution in [0.25, 0.3) is 0 Å². The van der Waals surface area contributed by atoms with E-state index in [0.29, 0.717) is 16.7 Å². The average Bonchev–Trinajstić information content (AvgIpc) is 3.05. The van der Waals surface area contributed by atoms with Crippen LogP contribution in [0, 0.1) is 0 Å². The zero-order chi connectivity index (χ0) is 17.6. The molecule has 25 heavy (non-hydrogen) atoms. The standard InChI is InChI=1S/C16H18F2N4O2S/c17-15(18)24-12-7-6-11(19-9-12)8-13(23)20-16-22-21-14(25-16)10-4-2-1-3-5-10/h6-7,9-10,15H,1-5,8H2,(H,20,22,23). The van der Waals surface area contributed by atoms with Gasteiger partial charge in [0.2, 0.25) is 11.0 Å². The van der Waals surface area contributed by atoms with Crippen LogP contribution in [0.15, 0.2) is 18.3 Å². The highest BCUT2D eigenvalue weighted by Crippen LogP contribution is 2.35. The number of pyridine rings is 1. The fourth-order valence-corrected chi connectivity index (χ4v) is 3.74. The highest BCUT2D eigenvalue weighted by molar-refractivity contribution is 7.15. The summed E-state index contributed by atoms with van der Waals surface area (Å²) in [6, 6.07) is 2.83. The summed E-state index contributed by atoms with van der Waals surface area (Å²) in [6.07, 6.45) is 7.13. The second kappa shape index (κ2) is 8.28. The Morgan fingerprint density at radius 1 is 1.28 bits per heavy atom.